The third kappa shape index (κ3) is 3.28. The Bertz CT molecular complexity index is 373. The Kier molecular flexibility index (Phi) is 3.89. The maximum atomic E-state index is 11.9. The number of aryl methyl sites for hydroxylation is 2. The smallest absolute Gasteiger partial charge is 0.263 e. The van der Waals surface area contributed by atoms with Crippen molar-refractivity contribution in [2.24, 2.45) is 0 Å². The number of nitrogens with one attached hydrogen (secondary N) is 1. The molecule has 0 aliphatic carbocycles. The Morgan fingerprint density at radius 2 is 2.13 bits per heavy atom. The maximum absolute atomic E-state index is 11.9. The summed E-state index contributed by atoms with van der Waals surface area (Å²) in [6, 6.07) is 0. The number of carbonyl (C=O) groups is 1. The molecule has 0 radical (unpaired) electrons. The molecule has 0 bridgehead atoms. The minimum atomic E-state index is -0.235. The molecular weight excluding hydrogens is 276 g/mol. The summed E-state index contributed by atoms with van der Waals surface area (Å²) >= 11 is 4.80. The second-order valence-corrected chi connectivity index (χ2v) is 5.88. The molecular formula is C10H15BrN2OS. The lowest BCUT2D eigenvalue weighted by atomic mass is 10.1. The SMILES string of the molecule is Cc1nc(C)c(C(=O)NC(C)(C)CBr)s1. The van der Waals surface area contributed by atoms with Crippen LogP contribution in [0, 0.1) is 13.8 Å². The van der Waals surface area contributed by atoms with Crippen molar-refractivity contribution < 1.29 is 4.79 Å². The van der Waals surface area contributed by atoms with Crippen LogP contribution in [0.15, 0.2) is 0 Å². The van der Waals surface area contributed by atoms with Gasteiger partial charge in [0.1, 0.15) is 4.88 Å². The molecule has 3 nitrogen and oxygen atoms in total. The Morgan fingerprint density at radius 1 is 1.53 bits per heavy atom. The van der Waals surface area contributed by atoms with Gasteiger partial charge in [-0.3, -0.25) is 4.79 Å². The number of rotatable bonds is 3. The first-order valence-electron chi connectivity index (χ1n) is 4.68. The first-order chi connectivity index (χ1) is 6.85. The van der Waals surface area contributed by atoms with Gasteiger partial charge in [0, 0.05) is 10.9 Å². The Morgan fingerprint density at radius 3 is 2.53 bits per heavy atom. The van der Waals surface area contributed by atoms with Gasteiger partial charge in [-0.05, 0) is 27.7 Å². The Labute approximate surface area is 102 Å². The molecule has 0 aliphatic rings. The lowest BCUT2D eigenvalue weighted by Crippen LogP contribution is -2.44. The second kappa shape index (κ2) is 4.61. The van der Waals surface area contributed by atoms with Crippen LogP contribution < -0.4 is 5.32 Å². The van der Waals surface area contributed by atoms with E-state index in [9.17, 15) is 4.79 Å². The number of hydrogen-bond acceptors (Lipinski definition) is 3. The van der Waals surface area contributed by atoms with Crippen molar-refractivity contribution in [1.82, 2.24) is 10.3 Å². The van der Waals surface area contributed by atoms with Crippen molar-refractivity contribution in [2.45, 2.75) is 33.2 Å². The van der Waals surface area contributed by atoms with E-state index in [0.29, 0.717) is 4.88 Å². The monoisotopic (exact) mass is 290 g/mol. The highest BCUT2D eigenvalue weighted by Gasteiger charge is 2.22. The molecule has 0 unspecified atom stereocenters. The number of halogens is 1. The number of alkyl halides is 1. The number of amides is 1. The van der Waals surface area contributed by atoms with Gasteiger partial charge < -0.3 is 5.32 Å². The minimum absolute atomic E-state index is 0.0393. The lowest BCUT2D eigenvalue weighted by Gasteiger charge is -2.23. The van der Waals surface area contributed by atoms with Crippen LogP contribution >= 0.6 is 27.3 Å². The number of nitrogens with zero attached hydrogens (tertiary/aromatic N) is 1. The van der Waals surface area contributed by atoms with Gasteiger partial charge in [0.25, 0.3) is 5.91 Å². The summed E-state index contributed by atoms with van der Waals surface area (Å²) in [5.41, 5.74) is 0.571. The quantitative estimate of drug-likeness (QED) is 0.870. The van der Waals surface area contributed by atoms with Gasteiger partial charge in [0.15, 0.2) is 0 Å². The molecule has 1 rings (SSSR count). The van der Waals surface area contributed by atoms with E-state index in [1.807, 2.05) is 27.7 Å². The van der Waals surface area contributed by atoms with Crippen LogP contribution in [0.5, 0.6) is 0 Å². The van der Waals surface area contributed by atoms with Gasteiger partial charge >= 0.3 is 0 Å². The van der Waals surface area contributed by atoms with Gasteiger partial charge in [-0.25, -0.2) is 4.98 Å². The van der Waals surface area contributed by atoms with Crippen LogP contribution in [-0.4, -0.2) is 21.8 Å². The zero-order chi connectivity index (χ0) is 11.6. The predicted octanol–water partition coefficient (Wildman–Crippen LogP) is 2.66. The molecule has 0 atom stereocenters. The van der Waals surface area contributed by atoms with Crippen molar-refractivity contribution >= 4 is 33.2 Å². The highest BCUT2D eigenvalue weighted by molar-refractivity contribution is 9.09. The van der Waals surface area contributed by atoms with E-state index in [-0.39, 0.29) is 11.4 Å². The van der Waals surface area contributed by atoms with Crippen molar-refractivity contribution in [2.75, 3.05) is 5.33 Å². The third-order valence-corrected chi connectivity index (χ3v) is 4.37. The highest BCUT2D eigenvalue weighted by Crippen LogP contribution is 2.18. The molecule has 1 aromatic rings. The van der Waals surface area contributed by atoms with E-state index in [2.05, 4.69) is 26.2 Å². The van der Waals surface area contributed by atoms with Gasteiger partial charge in [0.05, 0.1) is 10.7 Å². The second-order valence-electron chi connectivity index (χ2n) is 4.12. The fraction of sp³-hybridized carbons (Fsp3) is 0.600. The summed E-state index contributed by atoms with van der Waals surface area (Å²) in [5, 5.41) is 4.61. The van der Waals surface area contributed by atoms with Crippen LogP contribution in [0.3, 0.4) is 0 Å². The molecule has 0 aromatic carbocycles. The number of hydrogen-bond donors (Lipinski definition) is 1. The minimum Gasteiger partial charge on any atom is -0.346 e. The predicted molar refractivity (Wildman–Crippen MR) is 66.9 cm³/mol. The van der Waals surface area contributed by atoms with Crippen molar-refractivity contribution in [3.63, 3.8) is 0 Å². The molecule has 1 aromatic heterocycles. The maximum Gasteiger partial charge on any atom is 0.263 e. The Balaban J connectivity index is 2.82. The third-order valence-electron chi connectivity index (χ3n) is 1.90. The summed E-state index contributed by atoms with van der Waals surface area (Å²) in [6.45, 7) is 7.72. The number of aromatic nitrogens is 1. The molecule has 1 heterocycles. The van der Waals surface area contributed by atoms with Crippen molar-refractivity contribution in [3.05, 3.63) is 15.6 Å². The van der Waals surface area contributed by atoms with Gasteiger partial charge in [-0.1, -0.05) is 15.9 Å². The first-order valence-corrected chi connectivity index (χ1v) is 6.62. The van der Waals surface area contributed by atoms with Gasteiger partial charge in [-0.15, -0.1) is 11.3 Å². The molecule has 1 N–H and O–H groups in total. The van der Waals surface area contributed by atoms with Crippen molar-refractivity contribution in [3.8, 4) is 0 Å². The van der Waals surface area contributed by atoms with Crippen LogP contribution in [-0.2, 0) is 0 Å². The zero-order valence-corrected chi connectivity index (χ0v) is 11.8. The van der Waals surface area contributed by atoms with Crippen LogP contribution in [0.25, 0.3) is 0 Å². The topological polar surface area (TPSA) is 42.0 Å². The van der Waals surface area contributed by atoms with Gasteiger partial charge in [0.2, 0.25) is 0 Å². The van der Waals surface area contributed by atoms with Crippen LogP contribution in [0.4, 0.5) is 0 Å². The van der Waals surface area contributed by atoms with E-state index in [4.69, 9.17) is 0 Å². The molecule has 0 aliphatic heterocycles. The highest BCUT2D eigenvalue weighted by atomic mass is 79.9. The fourth-order valence-electron chi connectivity index (χ4n) is 1.14. The molecule has 5 heteroatoms. The average molecular weight is 291 g/mol. The molecule has 0 fully saturated rings. The lowest BCUT2D eigenvalue weighted by molar-refractivity contribution is 0.0924. The van der Waals surface area contributed by atoms with E-state index >= 15 is 0 Å². The molecule has 84 valence electrons. The van der Waals surface area contributed by atoms with Gasteiger partial charge in [-0.2, -0.15) is 0 Å². The zero-order valence-electron chi connectivity index (χ0n) is 9.35. The summed E-state index contributed by atoms with van der Waals surface area (Å²) < 4.78 is 0. The molecule has 0 saturated heterocycles. The number of carbonyl (C=O) groups excluding carboxylic acids is 1. The first kappa shape index (κ1) is 12.6. The fourth-order valence-corrected chi connectivity index (χ4v) is 2.09. The molecule has 0 saturated carbocycles. The molecule has 1 amide bonds. The Hall–Kier alpha value is -0.420. The largest absolute Gasteiger partial charge is 0.346 e. The molecule has 0 spiro atoms. The van der Waals surface area contributed by atoms with E-state index < -0.39 is 0 Å². The average Bonchev–Trinajstić information content (AvgIpc) is 2.45. The van der Waals surface area contributed by atoms with E-state index in [1.165, 1.54) is 11.3 Å². The number of thiazole rings is 1. The molecule has 15 heavy (non-hydrogen) atoms. The summed E-state index contributed by atoms with van der Waals surface area (Å²) in [4.78, 5) is 16.8. The van der Waals surface area contributed by atoms with E-state index in [0.717, 1.165) is 16.0 Å². The van der Waals surface area contributed by atoms with Crippen molar-refractivity contribution in [1.29, 1.82) is 0 Å². The van der Waals surface area contributed by atoms with Crippen LogP contribution in [0.2, 0.25) is 0 Å². The normalized spacial score (nSPS) is 11.5. The van der Waals surface area contributed by atoms with E-state index in [1.54, 1.807) is 0 Å². The summed E-state index contributed by atoms with van der Waals surface area (Å²) in [5.74, 6) is -0.0393. The summed E-state index contributed by atoms with van der Waals surface area (Å²) in [6.07, 6.45) is 0. The standard InChI is InChI=1S/C10H15BrN2OS/c1-6-8(15-7(2)12-6)9(14)13-10(3,4)5-11/h5H2,1-4H3,(H,13,14). The van der Waals surface area contributed by atoms with Crippen LogP contribution in [0.1, 0.15) is 34.2 Å². The summed E-state index contributed by atoms with van der Waals surface area (Å²) in [7, 11) is 0.